The standard InChI is InChI=1S/C28H29N3O9S/c1-16(32)36-15-22-23(37-17(2)33)24(38-18(3)34)25(39-19(4)35)27(40-22)41-28-30-29-26(20-11-7-5-8-12-20)31(28)21-13-9-6-10-14-21/h5-14,22-25,27H,15H2,1-4H3/t22-,23-,24+,25-,27+/m1/s1. The monoisotopic (exact) mass is 583 g/mol. The molecular formula is C28H29N3O9S. The fraction of sp³-hybridized carbons (Fsp3) is 0.357. The maximum atomic E-state index is 12.2. The highest BCUT2D eigenvalue weighted by Gasteiger charge is 2.53. The van der Waals surface area contributed by atoms with Gasteiger partial charge in [0.05, 0.1) is 0 Å². The Morgan fingerprint density at radius 2 is 1.32 bits per heavy atom. The van der Waals surface area contributed by atoms with Gasteiger partial charge in [0.25, 0.3) is 0 Å². The molecule has 1 aliphatic rings. The van der Waals surface area contributed by atoms with Gasteiger partial charge in [-0.15, -0.1) is 10.2 Å². The molecule has 0 radical (unpaired) electrons. The zero-order chi connectivity index (χ0) is 29.5. The first kappa shape index (κ1) is 29.7. The van der Waals surface area contributed by atoms with Crippen molar-refractivity contribution in [3.8, 4) is 17.1 Å². The first-order valence-corrected chi connectivity index (χ1v) is 13.6. The molecule has 4 rings (SSSR count). The van der Waals surface area contributed by atoms with E-state index in [1.807, 2.05) is 65.2 Å². The first-order valence-electron chi connectivity index (χ1n) is 12.7. The number of hydrogen-bond acceptors (Lipinski definition) is 12. The van der Waals surface area contributed by atoms with Crippen molar-refractivity contribution in [2.24, 2.45) is 0 Å². The number of nitrogens with zero attached hydrogens (tertiary/aromatic N) is 3. The molecule has 12 nitrogen and oxygen atoms in total. The Balaban J connectivity index is 1.79. The van der Waals surface area contributed by atoms with E-state index in [9.17, 15) is 19.2 Å². The average molecular weight is 584 g/mol. The number of carbonyl (C=O) groups excluding carboxylic acids is 4. The van der Waals surface area contributed by atoms with Gasteiger partial charge in [-0.25, -0.2) is 0 Å². The highest BCUT2D eigenvalue weighted by Crippen LogP contribution is 2.39. The summed E-state index contributed by atoms with van der Waals surface area (Å²) in [4.78, 5) is 48.0. The summed E-state index contributed by atoms with van der Waals surface area (Å²) >= 11 is 1.06. The molecule has 0 aliphatic carbocycles. The highest BCUT2D eigenvalue weighted by atomic mass is 32.2. The van der Waals surface area contributed by atoms with Crippen LogP contribution in [0.3, 0.4) is 0 Å². The van der Waals surface area contributed by atoms with E-state index in [1.54, 1.807) is 0 Å². The van der Waals surface area contributed by atoms with Gasteiger partial charge in [-0.05, 0) is 23.9 Å². The van der Waals surface area contributed by atoms with Crippen molar-refractivity contribution in [1.29, 1.82) is 0 Å². The Kier molecular flexibility index (Phi) is 9.73. The summed E-state index contributed by atoms with van der Waals surface area (Å²) in [6.07, 6.45) is -4.84. The Bertz CT molecular complexity index is 1380. The molecule has 3 aromatic rings. The molecule has 2 heterocycles. The minimum Gasteiger partial charge on any atom is -0.463 e. The zero-order valence-corrected chi connectivity index (χ0v) is 23.6. The van der Waals surface area contributed by atoms with Crippen LogP contribution < -0.4 is 0 Å². The lowest BCUT2D eigenvalue weighted by molar-refractivity contribution is -0.237. The Morgan fingerprint density at radius 1 is 0.756 bits per heavy atom. The van der Waals surface area contributed by atoms with E-state index in [2.05, 4.69) is 10.2 Å². The largest absolute Gasteiger partial charge is 0.463 e. The molecular weight excluding hydrogens is 554 g/mol. The molecule has 2 aromatic carbocycles. The van der Waals surface area contributed by atoms with Crippen LogP contribution in [0.1, 0.15) is 27.7 Å². The average Bonchev–Trinajstić information content (AvgIpc) is 3.34. The third-order valence-corrected chi connectivity index (χ3v) is 6.94. The van der Waals surface area contributed by atoms with E-state index in [0.29, 0.717) is 11.0 Å². The van der Waals surface area contributed by atoms with Crippen LogP contribution in [0, 0.1) is 0 Å². The number of benzene rings is 2. The molecule has 1 aromatic heterocycles. The van der Waals surface area contributed by atoms with Crippen LogP contribution in [-0.4, -0.2) is 75.1 Å². The van der Waals surface area contributed by atoms with Gasteiger partial charge < -0.3 is 23.7 Å². The molecule has 216 valence electrons. The van der Waals surface area contributed by atoms with Crippen LogP contribution in [0.15, 0.2) is 65.8 Å². The molecule has 1 fully saturated rings. The fourth-order valence-corrected chi connectivity index (χ4v) is 5.45. The van der Waals surface area contributed by atoms with Crippen molar-refractivity contribution in [3.63, 3.8) is 0 Å². The third-order valence-electron chi connectivity index (χ3n) is 5.85. The predicted octanol–water partition coefficient (Wildman–Crippen LogP) is 3.11. The van der Waals surface area contributed by atoms with Crippen molar-refractivity contribution in [2.75, 3.05) is 6.61 Å². The van der Waals surface area contributed by atoms with E-state index in [4.69, 9.17) is 23.7 Å². The number of aromatic nitrogens is 3. The number of carbonyl (C=O) groups is 4. The third kappa shape index (κ3) is 7.50. The van der Waals surface area contributed by atoms with Gasteiger partial charge >= 0.3 is 23.9 Å². The SMILES string of the molecule is CC(=O)OC[C@H]1O[C@@H](Sc2nnc(-c3ccccc3)n2-c2ccccc2)[C@H](OC(C)=O)[C@@H](OC(C)=O)[C@@H]1OC(C)=O. The predicted molar refractivity (Wildman–Crippen MR) is 145 cm³/mol. The van der Waals surface area contributed by atoms with E-state index >= 15 is 0 Å². The summed E-state index contributed by atoms with van der Waals surface area (Å²) in [5.41, 5.74) is 0.507. The molecule has 13 heteroatoms. The van der Waals surface area contributed by atoms with Gasteiger partial charge in [-0.2, -0.15) is 0 Å². The second-order valence-corrected chi connectivity index (χ2v) is 10.1. The van der Waals surface area contributed by atoms with Gasteiger partial charge in [0.1, 0.15) is 12.7 Å². The maximum absolute atomic E-state index is 12.2. The molecule has 0 bridgehead atoms. The smallest absolute Gasteiger partial charge is 0.303 e. The second kappa shape index (κ2) is 13.4. The Hall–Kier alpha value is -4.23. The van der Waals surface area contributed by atoms with Crippen LogP contribution in [0.25, 0.3) is 17.1 Å². The lowest BCUT2D eigenvalue weighted by atomic mass is 9.99. The van der Waals surface area contributed by atoms with Crippen molar-refractivity contribution in [2.45, 2.75) is 62.7 Å². The maximum Gasteiger partial charge on any atom is 0.303 e. The van der Waals surface area contributed by atoms with Crippen molar-refractivity contribution >= 4 is 35.6 Å². The highest BCUT2D eigenvalue weighted by molar-refractivity contribution is 7.99. The minimum atomic E-state index is -1.28. The first-order chi connectivity index (χ1) is 19.6. The molecule has 1 aliphatic heterocycles. The van der Waals surface area contributed by atoms with E-state index in [1.165, 1.54) is 27.7 Å². The number of esters is 4. The van der Waals surface area contributed by atoms with E-state index < -0.39 is 53.7 Å². The van der Waals surface area contributed by atoms with Crippen LogP contribution in [0.2, 0.25) is 0 Å². The quantitative estimate of drug-likeness (QED) is 0.269. The van der Waals surface area contributed by atoms with Crippen LogP contribution >= 0.6 is 11.8 Å². The van der Waals surface area contributed by atoms with Crippen LogP contribution in [0.5, 0.6) is 0 Å². The van der Waals surface area contributed by atoms with Crippen molar-refractivity contribution in [3.05, 3.63) is 60.7 Å². The molecule has 5 atom stereocenters. The summed E-state index contributed by atoms with van der Waals surface area (Å²) < 4.78 is 29.8. The summed E-state index contributed by atoms with van der Waals surface area (Å²) in [7, 11) is 0. The second-order valence-electron chi connectivity index (χ2n) is 9.03. The van der Waals surface area contributed by atoms with Gasteiger partial charge in [-0.1, -0.05) is 48.5 Å². The summed E-state index contributed by atoms with van der Waals surface area (Å²) in [5.74, 6) is -2.14. The van der Waals surface area contributed by atoms with Gasteiger partial charge in [0.2, 0.25) is 0 Å². The van der Waals surface area contributed by atoms with Gasteiger partial charge in [0.15, 0.2) is 34.7 Å². The van der Waals surface area contributed by atoms with Gasteiger partial charge in [-0.3, -0.25) is 23.7 Å². The number of thioether (sulfide) groups is 1. The molecule has 41 heavy (non-hydrogen) atoms. The van der Waals surface area contributed by atoms with Gasteiger partial charge in [0, 0.05) is 38.9 Å². The fourth-order valence-electron chi connectivity index (χ4n) is 4.32. The summed E-state index contributed by atoms with van der Waals surface area (Å²) in [6.45, 7) is 4.43. The number of rotatable bonds is 9. The molecule has 1 saturated heterocycles. The topological polar surface area (TPSA) is 145 Å². The Labute approximate surface area is 240 Å². The molecule has 0 unspecified atom stereocenters. The van der Waals surface area contributed by atoms with E-state index in [0.717, 1.165) is 23.0 Å². The molecule has 0 saturated carbocycles. The molecule has 0 N–H and O–H groups in total. The van der Waals surface area contributed by atoms with Crippen molar-refractivity contribution < 1.29 is 42.9 Å². The van der Waals surface area contributed by atoms with Crippen molar-refractivity contribution in [1.82, 2.24) is 14.8 Å². The summed E-state index contributed by atoms with van der Waals surface area (Å²) in [5, 5.41) is 9.20. The normalized spacial score (nSPS) is 21.9. The Morgan fingerprint density at radius 3 is 1.90 bits per heavy atom. The number of para-hydroxylation sites is 1. The van der Waals surface area contributed by atoms with E-state index in [-0.39, 0.29) is 6.61 Å². The zero-order valence-electron chi connectivity index (χ0n) is 22.8. The minimum absolute atomic E-state index is 0.324. The molecule has 0 amide bonds. The molecule has 0 spiro atoms. The van der Waals surface area contributed by atoms with Crippen LogP contribution in [0.4, 0.5) is 0 Å². The number of hydrogen-bond donors (Lipinski definition) is 0. The lowest BCUT2D eigenvalue weighted by Gasteiger charge is -2.43. The number of ether oxygens (including phenoxy) is 5. The lowest BCUT2D eigenvalue weighted by Crippen LogP contribution is -2.61. The van der Waals surface area contributed by atoms with Crippen LogP contribution in [-0.2, 0) is 42.9 Å². The summed E-state index contributed by atoms with van der Waals surface area (Å²) in [6, 6.07) is 18.8.